The van der Waals surface area contributed by atoms with E-state index >= 15 is 0 Å². The molecule has 0 fully saturated rings. The van der Waals surface area contributed by atoms with Gasteiger partial charge < -0.3 is 9.30 Å². The van der Waals surface area contributed by atoms with E-state index in [1.807, 2.05) is 19.9 Å². The number of hydrogen-bond acceptors (Lipinski definition) is 1. The number of fused-ring (bicyclic) bond motifs is 1. The maximum Gasteiger partial charge on any atom is 0.120 e. The molecule has 0 saturated heterocycles. The van der Waals surface area contributed by atoms with Crippen molar-refractivity contribution in [3.05, 3.63) is 30.0 Å². The largest absolute Gasteiger partial charge is 0.491 e. The summed E-state index contributed by atoms with van der Waals surface area (Å²) in [5.74, 6) is 0.951. The Hall–Kier alpha value is -1.44. The van der Waals surface area contributed by atoms with Crippen LogP contribution in [0.3, 0.4) is 0 Å². The quantitative estimate of drug-likeness (QED) is 0.730. The minimum absolute atomic E-state index is 0.228. The molecule has 0 bridgehead atoms. The van der Waals surface area contributed by atoms with Crippen molar-refractivity contribution in [3.8, 4) is 5.75 Å². The molecule has 2 aromatic rings. The normalized spacial score (nSPS) is 11.3. The lowest BCUT2D eigenvalue weighted by molar-refractivity contribution is 0.243. The number of aryl methyl sites for hydroxylation is 2. The van der Waals surface area contributed by atoms with E-state index in [0.29, 0.717) is 0 Å². The average molecular weight is 203 g/mol. The van der Waals surface area contributed by atoms with Gasteiger partial charge in [-0.2, -0.15) is 0 Å². The minimum Gasteiger partial charge on any atom is -0.491 e. The summed E-state index contributed by atoms with van der Waals surface area (Å²) in [5.41, 5.74) is 2.55. The molecule has 0 atom stereocenters. The highest BCUT2D eigenvalue weighted by atomic mass is 16.5. The van der Waals surface area contributed by atoms with E-state index in [9.17, 15) is 0 Å². The molecule has 0 unspecified atom stereocenters. The van der Waals surface area contributed by atoms with Crippen LogP contribution in [0, 0.1) is 6.92 Å². The summed E-state index contributed by atoms with van der Waals surface area (Å²) < 4.78 is 7.82. The number of rotatable bonds is 2. The Bertz CT molecular complexity index is 482. The lowest BCUT2D eigenvalue weighted by Gasteiger charge is -2.09. The molecule has 15 heavy (non-hydrogen) atoms. The number of nitrogens with zero attached hydrogens (tertiary/aromatic N) is 1. The number of benzene rings is 1. The summed E-state index contributed by atoms with van der Waals surface area (Å²) in [7, 11) is 2.07. The molecular formula is C13H17NO. The SMILES string of the molecule is Cc1cn(C)c2ccc(OC(C)C)cc12. The molecule has 2 heteroatoms. The smallest absolute Gasteiger partial charge is 0.120 e. The summed E-state index contributed by atoms with van der Waals surface area (Å²) in [6.45, 7) is 6.21. The predicted octanol–water partition coefficient (Wildman–Crippen LogP) is 3.27. The first-order valence-electron chi connectivity index (χ1n) is 5.30. The molecule has 0 aliphatic rings. The second-order valence-electron chi connectivity index (χ2n) is 4.27. The Labute approximate surface area is 90.5 Å². The maximum atomic E-state index is 5.68. The number of ether oxygens (including phenoxy) is 1. The standard InChI is InChI=1S/C13H17NO/c1-9(2)15-11-5-6-13-12(7-11)10(3)8-14(13)4/h5-9H,1-4H3. The Morgan fingerprint density at radius 1 is 1.27 bits per heavy atom. The van der Waals surface area contributed by atoms with Gasteiger partial charge in [0.2, 0.25) is 0 Å². The Morgan fingerprint density at radius 3 is 2.67 bits per heavy atom. The van der Waals surface area contributed by atoms with Gasteiger partial charge in [0.15, 0.2) is 0 Å². The van der Waals surface area contributed by atoms with Gasteiger partial charge in [-0.25, -0.2) is 0 Å². The predicted molar refractivity (Wildman–Crippen MR) is 63.4 cm³/mol. The van der Waals surface area contributed by atoms with Gasteiger partial charge in [-0.3, -0.25) is 0 Å². The monoisotopic (exact) mass is 203 g/mol. The highest BCUT2D eigenvalue weighted by molar-refractivity contribution is 5.85. The first kappa shape index (κ1) is 10.1. The van der Waals surface area contributed by atoms with Crippen LogP contribution in [0.5, 0.6) is 5.75 Å². The molecule has 1 heterocycles. The Kier molecular flexibility index (Phi) is 2.43. The second kappa shape index (κ2) is 3.61. The van der Waals surface area contributed by atoms with E-state index < -0.39 is 0 Å². The highest BCUT2D eigenvalue weighted by Crippen LogP contribution is 2.25. The molecule has 0 saturated carbocycles. The van der Waals surface area contributed by atoms with Gasteiger partial charge in [-0.05, 0) is 44.5 Å². The third kappa shape index (κ3) is 1.84. The first-order chi connectivity index (χ1) is 7.08. The Balaban J connectivity index is 2.50. The zero-order valence-electron chi connectivity index (χ0n) is 9.74. The van der Waals surface area contributed by atoms with Crippen molar-refractivity contribution in [2.24, 2.45) is 7.05 Å². The molecule has 80 valence electrons. The van der Waals surface area contributed by atoms with Gasteiger partial charge in [0, 0.05) is 24.1 Å². The van der Waals surface area contributed by atoms with Crippen molar-refractivity contribution in [1.29, 1.82) is 0 Å². The molecule has 0 spiro atoms. The molecule has 1 aromatic carbocycles. The van der Waals surface area contributed by atoms with E-state index in [4.69, 9.17) is 4.74 Å². The van der Waals surface area contributed by atoms with Crippen molar-refractivity contribution in [2.45, 2.75) is 26.9 Å². The summed E-state index contributed by atoms with van der Waals surface area (Å²) in [5, 5.41) is 1.27. The fourth-order valence-electron chi connectivity index (χ4n) is 1.91. The van der Waals surface area contributed by atoms with Gasteiger partial charge in [0.25, 0.3) is 0 Å². The summed E-state index contributed by atoms with van der Waals surface area (Å²) in [6, 6.07) is 6.26. The lowest BCUT2D eigenvalue weighted by Crippen LogP contribution is -2.05. The summed E-state index contributed by atoms with van der Waals surface area (Å²) in [6.07, 6.45) is 2.37. The summed E-state index contributed by atoms with van der Waals surface area (Å²) >= 11 is 0. The molecule has 2 nitrogen and oxygen atoms in total. The van der Waals surface area contributed by atoms with Crippen LogP contribution in [0.15, 0.2) is 24.4 Å². The Morgan fingerprint density at radius 2 is 2.00 bits per heavy atom. The molecule has 0 N–H and O–H groups in total. The van der Waals surface area contributed by atoms with Crippen LogP contribution in [-0.4, -0.2) is 10.7 Å². The second-order valence-corrected chi connectivity index (χ2v) is 4.27. The van der Waals surface area contributed by atoms with E-state index in [1.165, 1.54) is 16.5 Å². The molecule has 1 aromatic heterocycles. The van der Waals surface area contributed by atoms with Gasteiger partial charge in [-0.15, -0.1) is 0 Å². The van der Waals surface area contributed by atoms with Crippen molar-refractivity contribution in [1.82, 2.24) is 4.57 Å². The molecule has 0 aliphatic carbocycles. The van der Waals surface area contributed by atoms with E-state index in [0.717, 1.165) is 5.75 Å². The van der Waals surface area contributed by atoms with Crippen LogP contribution >= 0.6 is 0 Å². The van der Waals surface area contributed by atoms with Crippen molar-refractivity contribution < 1.29 is 4.74 Å². The highest BCUT2D eigenvalue weighted by Gasteiger charge is 2.05. The minimum atomic E-state index is 0.228. The van der Waals surface area contributed by atoms with Crippen LogP contribution in [0.4, 0.5) is 0 Å². The van der Waals surface area contributed by atoms with E-state index in [-0.39, 0.29) is 6.10 Å². The fourth-order valence-corrected chi connectivity index (χ4v) is 1.91. The van der Waals surface area contributed by atoms with E-state index in [1.54, 1.807) is 0 Å². The molecule has 0 aliphatic heterocycles. The molecular weight excluding hydrogens is 186 g/mol. The van der Waals surface area contributed by atoms with Crippen molar-refractivity contribution in [2.75, 3.05) is 0 Å². The summed E-state index contributed by atoms with van der Waals surface area (Å²) in [4.78, 5) is 0. The third-order valence-electron chi connectivity index (χ3n) is 2.53. The number of aromatic nitrogens is 1. The molecule has 0 radical (unpaired) electrons. The van der Waals surface area contributed by atoms with Crippen LogP contribution in [0.25, 0.3) is 10.9 Å². The van der Waals surface area contributed by atoms with Crippen molar-refractivity contribution in [3.63, 3.8) is 0 Å². The number of hydrogen-bond donors (Lipinski definition) is 0. The van der Waals surface area contributed by atoms with Gasteiger partial charge in [-0.1, -0.05) is 0 Å². The van der Waals surface area contributed by atoms with Gasteiger partial charge in [0.1, 0.15) is 5.75 Å². The van der Waals surface area contributed by atoms with Crippen LogP contribution < -0.4 is 4.74 Å². The molecule has 0 amide bonds. The zero-order chi connectivity index (χ0) is 11.0. The van der Waals surface area contributed by atoms with Crippen LogP contribution in [0.2, 0.25) is 0 Å². The first-order valence-corrected chi connectivity index (χ1v) is 5.30. The van der Waals surface area contributed by atoms with Gasteiger partial charge in [0.05, 0.1) is 6.10 Å². The zero-order valence-corrected chi connectivity index (χ0v) is 9.74. The topological polar surface area (TPSA) is 14.2 Å². The van der Waals surface area contributed by atoms with Crippen molar-refractivity contribution >= 4 is 10.9 Å². The van der Waals surface area contributed by atoms with Gasteiger partial charge >= 0.3 is 0 Å². The molecule has 2 rings (SSSR count). The maximum absolute atomic E-state index is 5.68. The lowest BCUT2D eigenvalue weighted by atomic mass is 10.2. The fraction of sp³-hybridized carbons (Fsp3) is 0.385. The van der Waals surface area contributed by atoms with E-state index in [2.05, 4.69) is 36.9 Å². The van der Waals surface area contributed by atoms with Crippen LogP contribution in [-0.2, 0) is 7.05 Å². The van der Waals surface area contributed by atoms with Crippen LogP contribution in [0.1, 0.15) is 19.4 Å². The third-order valence-corrected chi connectivity index (χ3v) is 2.53. The average Bonchev–Trinajstić information content (AvgIpc) is 2.41.